The molecule has 6 nitrogen and oxygen atoms in total. The van der Waals surface area contributed by atoms with Crippen molar-refractivity contribution in [3.63, 3.8) is 0 Å². The van der Waals surface area contributed by atoms with Gasteiger partial charge in [0.25, 0.3) is 0 Å². The number of thiazole rings is 1. The van der Waals surface area contributed by atoms with Gasteiger partial charge in [-0.1, -0.05) is 11.8 Å². The van der Waals surface area contributed by atoms with Crippen LogP contribution in [0.4, 0.5) is 5.69 Å². The van der Waals surface area contributed by atoms with Crippen LogP contribution in [0.2, 0.25) is 0 Å². The first-order valence-corrected chi connectivity index (χ1v) is 8.51. The van der Waals surface area contributed by atoms with Gasteiger partial charge in [0.05, 0.1) is 22.6 Å². The minimum Gasteiger partial charge on any atom is -0.481 e. The van der Waals surface area contributed by atoms with Gasteiger partial charge in [0.1, 0.15) is 0 Å². The van der Waals surface area contributed by atoms with Gasteiger partial charge in [-0.15, -0.1) is 11.3 Å². The molecule has 0 bridgehead atoms. The molecule has 1 atom stereocenters. The normalized spacial score (nSPS) is 12.2. The van der Waals surface area contributed by atoms with Crippen LogP contribution in [-0.4, -0.2) is 39.4 Å². The highest BCUT2D eigenvalue weighted by atomic mass is 32.2. The fourth-order valence-electron chi connectivity index (χ4n) is 1.88. The topological polar surface area (TPSA) is 99.5 Å². The van der Waals surface area contributed by atoms with Gasteiger partial charge in [-0.25, -0.2) is 4.98 Å². The van der Waals surface area contributed by atoms with Gasteiger partial charge in [0.15, 0.2) is 4.34 Å². The number of nitrogens with one attached hydrogen (secondary N) is 1. The molecule has 0 aliphatic rings. The third kappa shape index (κ3) is 4.35. The van der Waals surface area contributed by atoms with Crippen molar-refractivity contribution in [2.75, 3.05) is 17.6 Å². The molecule has 0 saturated heterocycles. The minimum absolute atomic E-state index is 0.196. The monoisotopic (exact) mass is 340 g/mol. The van der Waals surface area contributed by atoms with E-state index < -0.39 is 17.9 Å². The van der Waals surface area contributed by atoms with E-state index in [1.165, 1.54) is 23.1 Å². The Labute approximate surface area is 135 Å². The molecule has 8 heteroatoms. The van der Waals surface area contributed by atoms with Crippen LogP contribution < -0.4 is 5.32 Å². The fraction of sp³-hybridized carbons (Fsp3) is 0.357. The Morgan fingerprint density at radius 3 is 2.82 bits per heavy atom. The molecule has 0 fully saturated rings. The Bertz CT molecular complexity index is 687. The molecule has 22 heavy (non-hydrogen) atoms. The van der Waals surface area contributed by atoms with Crippen LogP contribution in [0.5, 0.6) is 0 Å². The molecule has 1 unspecified atom stereocenters. The number of rotatable bonds is 8. The number of hydrogen-bond acceptors (Lipinski definition) is 6. The average Bonchev–Trinajstić information content (AvgIpc) is 2.85. The summed E-state index contributed by atoms with van der Waals surface area (Å²) in [6.07, 6.45) is -0.377. The highest BCUT2D eigenvalue weighted by Crippen LogP contribution is 2.32. The summed E-state index contributed by atoms with van der Waals surface area (Å²) < 4.78 is 1.77. The molecular formula is C14H16N2O4S2. The molecule has 2 rings (SSSR count). The third-order valence-electron chi connectivity index (χ3n) is 2.93. The van der Waals surface area contributed by atoms with Gasteiger partial charge in [-0.2, -0.15) is 0 Å². The van der Waals surface area contributed by atoms with Gasteiger partial charge in [-0.05, 0) is 25.1 Å². The summed E-state index contributed by atoms with van der Waals surface area (Å²) in [7, 11) is 0. The van der Waals surface area contributed by atoms with Gasteiger partial charge >= 0.3 is 11.9 Å². The van der Waals surface area contributed by atoms with E-state index >= 15 is 0 Å². The number of thioether (sulfide) groups is 1. The molecule has 1 heterocycles. The zero-order valence-corrected chi connectivity index (χ0v) is 13.5. The van der Waals surface area contributed by atoms with E-state index in [9.17, 15) is 9.59 Å². The SMILES string of the molecule is CCNc1ccc2sc(SCC(CC(=O)O)C(=O)O)nc2c1. The maximum absolute atomic E-state index is 11.0. The predicted molar refractivity (Wildman–Crippen MR) is 87.9 cm³/mol. The third-order valence-corrected chi connectivity index (χ3v) is 5.27. The smallest absolute Gasteiger partial charge is 0.307 e. The Kier molecular flexibility index (Phi) is 5.62. The standard InChI is InChI=1S/C14H16N2O4S2/c1-2-15-9-3-4-11-10(6-9)16-14(22-11)21-7-8(13(19)20)5-12(17)18/h3-4,6,8,15H,2,5,7H2,1H3,(H,17,18)(H,19,20). The molecule has 0 radical (unpaired) electrons. The lowest BCUT2D eigenvalue weighted by molar-refractivity contribution is -0.147. The van der Waals surface area contributed by atoms with Crippen molar-refractivity contribution >= 4 is 50.9 Å². The number of nitrogens with zero attached hydrogens (tertiary/aromatic N) is 1. The molecule has 0 aliphatic carbocycles. The molecule has 0 spiro atoms. The molecule has 0 amide bonds. The Hall–Kier alpha value is -1.80. The van der Waals surface area contributed by atoms with Gasteiger partial charge < -0.3 is 15.5 Å². The lowest BCUT2D eigenvalue weighted by Crippen LogP contribution is -2.19. The van der Waals surface area contributed by atoms with Crippen molar-refractivity contribution in [2.45, 2.75) is 17.7 Å². The summed E-state index contributed by atoms with van der Waals surface area (Å²) in [6, 6.07) is 5.90. The van der Waals surface area contributed by atoms with Crippen molar-refractivity contribution in [2.24, 2.45) is 5.92 Å². The summed E-state index contributed by atoms with van der Waals surface area (Å²) in [5.74, 6) is -2.91. The number of fused-ring (bicyclic) bond motifs is 1. The molecule has 3 N–H and O–H groups in total. The summed E-state index contributed by atoms with van der Waals surface area (Å²) >= 11 is 2.77. The van der Waals surface area contributed by atoms with Crippen LogP contribution in [0.25, 0.3) is 10.2 Å². The van der Waals surface area contributed by atoms with Gasteiger partial charge in [0.2, 0.25) is 0 Å². The van der Waals surface area contributed by atoms with Crippen LogP contribution in [0.3, 0.4) is 0 Å². The predicted octanol–water partition coefficient (Wildman–Crippen LogP) is 3.00. The van der Waals surface area contributed by atoms with Crippen LogP contribution >= 0.6 is 23.1 Å². The number of hydrogen-bond donors (Lipinski definition) is 3. The van der Waals surface area contributed by atoms with Crippen LogP contribution in [0, 0.1) is 5.92 Å². The van der Waals surface area contributed by atoms with Crippen molar-refractivity contribution < 1.29 is 19.8 Å². The molecule has 2 aromatic rings. The molecule has 0 aliphatic heterocycles. The lowest BCUT2D eigenvalue weighted by Gasteiger charge is -2.07. The average molecular weight is 340 g/mol. The number of anilines is 1. The zero-order valence-electron chi connectivity index (χ0n) is 11.9. The van der Waals surface area contributed by atoms with Crippen molar-refractivity contribution in [1.29, 1.82) is 0 Å². The van der Waals surface area contributed by atoms with E-state index in [-0.39, 0.29) is 12.2 Å². The largest absolute Gasteiger partial charge is 0.481 e. The number of benzene rings is 1. The van der Waals surface area contributed by atoms with Crippen LogP contribution in [0.15, 0.2) is 22.5 Å². The summed E-state index contributed by atoms with van der Waals surface area (Å²) in [4.78, 5) is 26.2. The summed E-state index contributed by atoms with van der Waals surface area (Å²) in [5, 5.41) is 21.0. The fourth-order valence-corrected chi connectivity index (χ4v) is 4.04. The van der Waals surface area contributed by atoms with Crippen molar-refractivity contribution in [3.05, 3.63) is 18.2 Å². The van der Waals surface area contributed by atoms with Crippen LogP contribution in [0.1, 0.15) is 13.3 Å². The number of aromatic nitrogens is 1. The maximum Gasteiger partial charge on any atom is 0.307 e. The number of carboxylic acids is 2. The molecule has 1 aromatic carbocycles. The zero-order chi connectivity index (χ0) is 16.1. The van der Waals surface area contributed by atoms with Crippen molar-refractivity contribution in [1.82, 2.24) is 4.98 Å². The second-order valence-electron chi connectivity index (χ2n) is 4.64. The van der Waals surface area contributed by atoms with Crippen LogP contribution in [-0.2, 0) is 9.59 Å². The van der Waals surface area contributed by atoms with E-state index in [1.54, 1.807) is 0 Å². The minimum atomic E-state index is -1.10. The van der Waals surface area contributed by atoms with E-state index in [2.05, 4.69) is 10.3 Å². The molecular weight excluding hydrogens is 324 g/mol. The lowest BCUT2D eigenvalue weighted by atomic mass is 10.1. The van der Waals surface area contributed by atoms with E-state index in [1.807, 2.05) is 25.1 Å². The van der Waals surface area contributed by atoms with E-state index in [0.29, 0.717) is 0 Å². The Morgan fingerprint density at radius 1 is 1.41 bits per heavy atom. The van der Waals surface area contributed by atoms with E-state index in [0.717, 1.165) is 26.8 Å². The Balaban J connectivity index is 2.07. The second-order valence-corrected chi connectivity index (χ2v) is 6.93. The van der Waals surface area contributed by atoms with Crippen molar-refractivity contribution in [3.8, 4) is 0 Å². The number of carboxylic acid groups (broad SMARTS) is 2. The first kappa shape index (κ1) is 16.6. The summed E-state index contributed by atoms with van der Waals surface area (Å²) in [6.45, 7) is 2.84. The molecule has 118 valence electrons. The highest BCUT2D eigenvalue weighted by molar-refractivity contribution is 8.01. The Morgan fingerprint density at radius 2 is 2.18 bits per heavy atom. The molecule has 0 saturated carbocycles. The van der Waals surface area contributed by atoms with Gasteiger partial charge in [-0.3, -0.25) is 9.59 Å². The van der Waals surface area contributed by atoms with Gasteiger partial charge in [0, 0.05) is 18.0 Å². The second kappa shape index (κ2) is 7.46. The quantitative estimate of drug-likeness (QED) is 0.635. The maximum atomic E-state index is 11.0. The number of aliphatic carboxylic acids is 2. The number of carbonyl (C=O) groups is 2. The highest BCUT2D eigenvalue weighted by Gasteiger charge is 2.21. The first-order chi connectivity index (χ1) is 10.5. The molecule has 1 aromatic heterocycles. The summed E-state index contributed by atoms with van der Waals surface area (Å²) in [5.41, 5.74) is 1.85. The first-order valence-electron chi connectivity index (χ1n) is 6.71. The van der Waals surface area contributed by atoms with E-state index in [4.69, 9.17) is 10.2 Å².